The standard InChI is InChI=1S/C12H15NO4/c1-12(11(15)16,13(2)8-14)9-5-4-6-10(7-9)17-3/h4-8H,1-3H3,(H,15,16). The largest absolute Gasteiger partial charge is 0.497 e. The monoisotopic (exact) mass is 237 g/mol. The summed E-state index contributed by atoms with van der Waals surface area (Å²) in [5, 5.41) is 9.31. The molecule has 0 radical (unpaired) electrons. The zero-order valence-corrected chi connectivity index (χ0v) is 10.0. The molecular weight excluding hydrogens is 222 g/mol. The Morgan fingerprint density at radius 2 is 2.18 bits per heavy atom. The number of rotatable bonds is 5. The second kappa shape index (κ2) is 4.86. The highest BCUT2D eigenvalue weighted by Gasteiger charge is 2.39. The van der Waals surface area contributed by atoms with Crippen LogP contribution in [-0.4, -0.2) is 36.5 Å². The molecule has 0 fully saturated rings. The number of nitrogens with zero attached hydrogens (tertiary/aromatic N) is 1. The van der Waals surface area contributed by atoms with Gasteiger partial charge in [0.2, 0.25) is 6.41 Å². The van der Waals surface area contributed by atoms with E-state index in [2.05, 4.69) is 0 Å². The van der Waals surface area contributed by atoms with Crippen LogP contribution in [0.4, 0.5) is 0 Å². The first kappa shape index (κ1) is 13.0. The summed E-state index contributed by atoms with van der Waals surface area (Å²) in [6.07, 6.45) is 0.494. The van der Waals surface area contributed by atoms with Crippen molar-refractivity contribution in [1.29, 1.82) is 0 Å². The highest BCUT2D eigenvalue weighted by atomic mass is 16.5. The molecule has 0 spiro atoms. The van der Waals surface area contributed by atoms with E-state index in [1.54, 1.807) is 24.3 Å². The number of carbonyl (C=O) groups is 2. The Balaban J connectivity index is 3.31. The minimum Gasteiger partial charge on any atom is -0.497 e. The first-order chi connectivity index (χ1) is 7.96. The zero-order chi connectivity index (χ0) is 13.1. The number of methoxy groups -OCH3 is 1. The van der Waals surface area contributed by atoms with Crippen LogP contribution in [-0.2, 0) is 15.1 Å². The van der Waals surface area contributed by atoms with Gasteiger partial charge in [0.1, 0.15) is 5.75 Å². The van der Waals surface area contributed by atoms with Crippen LogP contribution in [0.3, 0.4) is 0 Å². The molecule has 1 aromatic carbocycles. The summed E-state index contributed by atoms with van der Waals surface area (Å²) in [4.78, 5) is 23.3. The van der Waals surface area contributed by atoms with Crippen molar-refractivity contribution in [2.24, 2.45) is 0 Å². The van der Waals surface area contributed by atoms with E-state index in [-0.39, 0.29) is 0 Å². The maximum atomic E-state index is 11.4. The summed E-state index contributed by atoms with van der Waals surface area (Å²) in [5.41, 5.74) is -0.921. The van der Waals surface area contributed by atoms with Crippen molar-refractivity contribution in [2.45, 2.75) is 12.5 Å². The van der Waals surface area contributed by atoms with E-state index in [9.17, 15) is 14.7 Å². The van der Waals surface area contributed by atoms with Crippen LogP contribution in [0.15, 0.2) is 24.3 Å². The van der Waals surface area contributed by atoms with Crippen molar-refractivity contribution < 1.29 is 19.4 Å². The van der Waals surface area contributed by atoms with Gasteiger partial charge in [-0.05, 0) is 24.6 Å². The lowest BCUT2D eigenvalue weighted by atomic mass is 9.90. The van der Waals surface area contributed by atoms with Crippen LogP contribution in [0.2, 0.25) is 0 Å². The Hall–Kier alpha value is -2.04. The Morgan fingerprint density at radius 3 is 2.65 bits per heavy atom. The van der Waals surface area contributed by atoms with E-state index in [1.807, 2.05) is 0 Å². The SMILES string of the molecule is COc1cccc(C(C)(C(=O)O)N(C)C=O)c1. The van der Waals surface area contributed by atoms with Gasteiger partial charge in [-0.3, -0.25) is 4.79 Å². The highest BCUT2D eigenvalue weighted by Crippen LogP contribution is 2.29. The van der Waals surface area contributed by atoms with Gasteiger partial charge < -0.3 is 14.7 Å². The van der Waals surface area contributed by atoms with Gasteiger partial charge in [-0.2, -0.15) is 0 Å². The molecular formula is C12H15NO4. The van der Waals surface area contributed by atoms with Gasteiger partial charge >= 0.3 is 5.97 Å². The molecule has 0 aliphatic rings. The first-order valence-corrected chi connectivity index (χ1v) is 5.03. The van der Waals surface area contributed by atoms with Crippen molar-refractivity contribution in [1.82, 2.24) is 4.90 Å². The molecule has 0 aliphatic carbocycles. The summed E-state index contributed by atoms with van der Waals surface area (Å²) >= 11 is 0. The van der Waals surface area contributed by atoms with E-state index >= 15 is 0 Å². The van der Waals surface area contributed by atoms with Gasteiger partial charge in [0, 0.05) is 7.05 Å². The molecule has 1 unspecified atom stereocenters. The maximum absolute atomic E-state index is 11.4. The average molecular weight is 237 g/mol. The van der Waals surface area contributed by atoms with Gasteiger partial charge in [0.25, 0.3) is 0 Å². The molecule has 0 heterocycles. The van der Waals surface area contributed by atoms with E-state index in [0.29, 0.717) is 17.7 Å². The van der Waals surface area contributed by atoms with Crippen LogP contribution < -0.4 is 4.74 Å². The van der Waals surface area contributed by atoms with Gasteiger partial charge in [-0.15, -0.1) is 0 Å². The molecule has 1 atom stereocenters. The van der Waals surface area contributed by atoms with Gasteiger partial charge in [0.15, 0.2) is 5.54 Å². The Morgan fingerprint density at radius 1 is 1.53 bits per heavy atom. The minimum absolute atomic E-state index is 0.485. The number of hydrogen-bond donors (Lipinski definition) is 1. The van der Waals surface area contributed by atoms with Crippen LogP contribution in [0.1, 0.15) is 12.5 Å². The third-order valence-corrected chi connectivity index (χ3v) is 2.91. The average Bonchev–Trinajstić information content (AvgIpc) is 2.36. The first-order valence-electron chi connectivity index (χ1n) is 5.03. The maximum Gasteiger partial charge on any atom is 0.334 e. The number of ether oxygens (including phenoxy) is 1. The van der Waals surface area contributed by atoms with Crippen LogP contribution in [0.25, 0.3) is 0 Å². The summed E-state index contributed by atoms with van der Waals surface area (Å²) in [6.45, 7) is 1.47. The Kier molecular flexibility index (Phi) is 3.73. The lowest BCUT2D eigenvalue weighted by molar-refractivity contribution is -0.153. The van der Waals surface area contributed by atoms with Crippen molar-refractivity contribution in [2.75, 3.05) is 14.2 Å². The van der Waals surface area contributed by atoms with E-state index < -0.39 is 11.5 Å². The number of hydrogen-bond acceptors (Lipinski definition) is 3. The number of likely N-dealkylation sites (N-methyl/N-ethyl adjacent to an activating group) is 1. The number of carboxylic acids is 1. The molecule has 0 saturated heterocycles. The fraction of sp³-hybridized carbons (Fsp3) is 0.333. The normalized spacial score (nSPS) is 13.6. The third-order valence-electron chi connectivity index (χ3n) is 2.91. The topological polar surface area (TPSA) is 66.8 Å². The molecule has 92 valence electrons. The molecule has 5 heteroatoms. The quantitative estimate of drug-likeness (QED) is 0.778. The van der Waals surface area contributed by atoms with E-state index in [1.165, 1.54) is 21.1 Å². The molecule has 1 amide bonds. The van der Waals surface area contributed by atoms with Crippen molar-refractivity contribution in [3.8, 4) is 5.75 Å². The number of carbonyl (C=O) groups excluding carboxylic acids is 1. The fourth-order valence-corrected chi connectivity index (χ4v) is 1.51. The number of benzene rings is 1. The highest BCUT2D eigenvalue weighted by molar-refractivity contribution is 5.82. The third kappa shape index (κ3) is 2.22. The van der Waals surface area contributed by atoms with Crippen molar-refractivity contribution in [3.63, 3.8) is 0 Å². The summed E-state index contributed by atoms with van der Waals surface area (Å²) in [5.74, 6) is -0.547. The smallest absolute Gasteiger partial charge is 0.334 e. The molecule has 0 saturated carbocycles. The molecule has 0 aromatic heterocycles. The number of aliphatic carboxylic acids is 1. The predicted octanol–water partition coefficient (Wildman–Crippen LogP) is 1.08. The molecule has 5 nitrogen and oxygen atoms in total. The second-order valence-electron chi connectivity index (χ2n) is 3.83. The van der Waals surface area contributed by atoms with Crippen LogP contribution >= 0.6 is 0 Å². The van der Waals surface area contributed by atoms with Crippen LogP contribution in [0, 0.1) is 0 Å². The van der Waals surface area contributed by atoms with Crippen molar-refractivity contribution in [3.05, 3.63) is 29.8 Å². The molecule has 1 rings (SSSR count). The molecule has 17 heavy (non-hydrogen) atoms. The summed E-state index contributed by atoms with van der Waals surface area (Å²) < 4.78 is 5.04. The van der Waals surface area contributed by atoms with E-state index in [4.69, 9.17) is 4.74 Å². The number of amides is 1. The molecule has 1 aromatic rings. The fourth-order valence-electron chi connectivity index (χ4n) is 1.51. The second-order valence-corrected chi connectivity index (χ2v) is 3.83. The van der Waals surface area contributed by atoms with Gasteiger partial charge in [0.05, 0.1) is 7.11 Å². The molecule has 0 bridgehead atoms. The minimum atomic E-state index is -1.41. The van der Waals surface area contributed by atoms with Crippen molar-refractivity contribution >= 4 is 12.4 Å². The number of carboxylic acid groups (broad SMARTS) is 1. The predicted molar refractivity (Wildman–Crippen MR) is 61.8 cm³/mol. The lowest BCUT2D eigenvalue weighted by Crippen LogP contribution is -2.47. The van der Waals surface area contributed by atoms with Gasteiger partial charge in [-0.1, -0.05) is 12.1 Å². The van der Waals surface area contributed by atoms with E-state index in [0.717, 1.165) is 4.90 Å². The zero-order valence-electron chi connectivity index (χ0n) is 10.0. The Labute approximate surface area is 99.6 Å². The summed E-state index contributed by atoms with van der Waals surface area (Å²) in [7, 11) is 2.93. The van der Waals surface area contributed by atoms with Crippen LogP contribution in [0.5, 0.6) is 5.75 Å². The summed E-state index contributed by atoms with van der Waals surface area (Å²) in [6, 6.07) is 6.66. The lowest BCUT2D eigenvalue weighted by Gasteiger charge is -2.32. The Bertz CT molecular complexity index is 432. The molecule has 0 aliphatic heterocycles. The molecule has 1 N–H and O–H groups in total. The van der Waals surface area contributed by atoms with Gasteiger partial charge in [-0.25, -0.2) is 4.79 Å².